The van der Waals surface area contributed by atoms with Gasteiger partial charge < -0.3 is 19.2 Å². The molecule has 0 spiro atoms. The highest BCUT2D eigenvalue weighted by Gasteiger charge is 2.13. The lowest BCUT2D eigenvalue weighted by molar-refractivity contribution is 0.102. The van der Waals surface area contributed by atoms with Gasteiger partial charge in [0.2, 0.25) is 5.89 Å². The summed E-state index contributed by atoms with van der Waals surface area (Å²) in [5.41, 5.74) is 3.31. The fourth-order valence-corrected chi connectivity index (χ4v) is 2.89. The fraction of sp³-hybridized carbons (Fsp3) is 0.0909. The fourth-order valence-electron chi connectivity index (χ4n) is 2.89. The van der Waals surface area contributed by atoms with E-state index >= 15 is 0 Å². The van der Waals surface area contributed by atoms with Gasteiger partial charge in [-0.1, -0.05) is 18.2 Å². The minimum atomic E-state index is -0.257. The van der Waals surface area contributed by atoms with Gasteiger partial charge in [0.25, 0.3) is 5.91 Å². The lowest BCUT2D eigenvalue weighted by Gasteiger charge is -2.10. The van der Waals surface area contributed by atoms with Crippen LogP contribution in [0.1, 0.15) is 10.4 Å². The molecular formula is C22H18N2O4. The van der Waals surface area contributed by atoms with Crippen molar-refractivity contribution < 1.29 is 18.7 Å². The van der Waals surface area contributed by atoms with Crippen molar-refractivity contribution in [3.63, 3.8) is 0 Å². The normalized spacial score (nSPS) is 10.6. The first-order chi connectivity index (χ1) is 13.7. The molecule has 0 atom stereocenters. The maximum atomic E-state index is 12.6. The first-order valence-electron chi connectivity index (χ1n) is 8.67. The third-order valence-corrected chi connectivity index (χ3v) is 4.31. The molecule has 4 aromatic rings. The smallest absolute Gasteiger partial charge is 0.255 e. The summed E-state index contributed by atoms with van der Waals surface area (Å²) < 4.78 is 16.3. The molecule has 140 valence electrons. The summed E-state index contributed by atoms with van der Waals surface area (Å²) in [6, 6.07) is 20.0. The molecular weight excluding hydrogens is 356 g/mol. The van der Waals surface area contributed by atoms with E-state index in [2.05, 4.69) is 10.3 Å². The number of fused-ring (bicyclic) bond motifs is 1. The largest absolute Gasteiger partial charge is 0.493 e. The lowest BCUT2D eigenvalue weighted by Crippen LogP contribution is -2.12. The van der Waals surface area contributed by atoms with Gasteiger partial charge in [0.15, 0.2) is 17.1 Å². The van der Waals surface area contributed by atoms with Crippen molar-refractivity contribution in [3.8, 4) is 23.0 Å². The number of aromatic nitrogens is 1. The number of hydrogen-bond acceptors (Lipinski definition) is 5. The third-order valence-electron chi connectivity index (χ3n) is 4.31. The number of nitrogens with zero attached hydrogens (tertiary/aromatic N) is 1. The van der Waals surface area contributed by atoms with Crippen molar-refractivity contribution in [1.82, 2.24) is 4.98 Å². The molecule has 0 radical (unpaired) electrons. The molecule has 1 N–H and O–H groups in total. The molecule has 28 heavy (non-hydrogen) atoms. The molecule has 4 rings (SSSR count). The quantitative estimate of drug-likeness (QED) is 0.545. The van der Waals surface area contributed by atoms with E-state index in [1.54, 1.807) is 43.5 Å². The van der Waals surface area contributed by atoms with Crippen LogP contribution in [0.5, 0.6) is 11.5 Å². The number of oxazole rings is 1. The van der Waals surface area contributed by atoms with Crippen LogP contribution in [0.25, 0.3) is 22.6 Å². The second-order valence-electron chi connectivity index (χ2n) is 6.09. The van der Waals surface area contributed by atoms with Crippen molar-refractivity contribution in [2.24, 2.45) is 0 Å². The zero-order chi connectivity index (χ0) is 19.5. The van der Waals surface area contributed by atoms with E-state index in [9.17, 15) is 4.79 Å². The first kappa shape index (κ1) is 17.6. The SMILES string of the molecule is COc1ccc(C(=O)Nc2ccc3oc(-c4ccccc4)nc3c2)cc1OC. The van der Waals surface area contributed by atoms with Crippen LogP contribution in [-0.4, -0.2) is 25.1 Å². The van der Waals surface area contributed by atoms with E-state index in [1.807, 2.05) is 30.3 Å². The van der Waals surface area contributed by atoms with E-state index < -0.39 is 0 Å². The summed E-state index contributed by atoms with van der Waals surface area (Å²) in [6.45, 7) is 0. The number of carbonyl (C=O) groups is 1. The van der Waals surface area contributed by atoms with Crippen molar-refractivity contribution in [3.05, 3.63) is 72.3 Å². The van der Waals surface area contributed by atoms with E-state index in [0.29, 0.717) is 39.7 Å². The minimum absolute atomic E-state index is 0.257. The number of nitrogens with one attached hydrogen (secondary N) is 1. The maximum absolute atomic E-state index is 12.6. The van der Waals surface area contributed by atoms with E-state index in [1.165, 1.54) is 7.11 Å². The average molecular weight is 374 g/mol. The van der Waals surface area contributed by atoms with Gasteiger partial charge in [-0.3, -0.25) is 4.79 Å². The van der Waals surface area contributed by atoms with Crippen LogP contribution >= 0.6 is 0 Å². The van der Waals surface area contributed by atoms with Gasteiger partial charge in [0.1, 0.15) is 5.52 Å². The molecule has 0 bridgehead atoms. The van der Waals surface area contributed by atoms with Gasteiger partial charge in [0, 0.05) is 16.8 Å². The first-order valence-corrected chi connectivity index (χ1v) is 8.67. The Bertz CT molecular complexity index is 1140. The Kier molecular flexibility index (Phi) is 4.68. The van der Waals surface area contributed by atoms with Gasteiger partial charge in [-0.05, 0) is 48.5 Å². The van der Waals surface area contributed by atoms with Gasteiger partial charge in [-0.15, -0.1) is 0 Å². The van der Waals surface area contributed by atoms with Crippen molar-refractivity contribution in [2.45, 2.75) is 0 Å². The number of methoxy groups -OCH3 is 2. The molecule has 6 heteroatoms. The number of hydrogen-bond donors (Lipinski definition) is 1. The Hall–Kier alpha value is -3.80. The highest BCUT2D eigenvalue weighted by atomic mass is 16.5. The molecule has 0 aliphatic carbocycles. The van der Waals surface area contributed by atoms with Crippen LogP contribution < -0.4 is 14.8 Å². The molecule has 0 unspecified atom stereocenters. The second kappa shape index (κ2) is 7.44. The van der Waals surface area contributed by atoms with Crippen LogP contribution in [-0.2, 0) is 0 Å². The highest BCUT2D eigenvalue weighted by molar-refractivity contribution is 6.05. The maximum Gasteiger partial charge on any atom is 0.255 e. The Morgan fingerprint density at radius 2 is 1.71 bits per heavy atom. The minimum Gasteiger partial charge on any atom is -0.493 e. The predicted molar refractivity (Wildman–Crippen MR) is 107 cm³/mol. The second-order valence-corrected chi connectivity index (χ2v) is 6.09. The monoisotopic (exact) mass is 374 g/mol. The summed E-state index contributed by atoms with van der Waals surface area (Å²) in [4.78, 5) is 17.1. The van der Waals surface area contributed by atoms with Crippen LogP contribution in [0.3, 0.4) is 0 Å². The number of benzene rings is 3. The standard InChI is InChI=1S/C22H18N2O4/c1-26-19-10-8-15(12-20(19)27-2)21(25)23-16-9-11-18-17(13-16)24-22(28-18)14-6-4-3-5-7-14/h3-13H,1-2H3,(H,23,25). The van der Waals surface area contributed by atoms with E-state index in [-0.39, 0.29) is 5.91 Å². The topological polar surface area (TPSA) is 73.6 Å². The van der Waals surface area contributed by atoms with Gasteiger partial charge in [-0.25, -0.2) is 4.98 Å². The average Bonchev–Trinajstić information content (AvgIpc) is 3.17. The zero-order valence-corrected chi connectivity index (χ0v) is 15.4. The van der Waals surface area contributed by atoms with E-state index in [4.69, 9.17) is 13.9 Å². The molecule has 1 amide bonds. The molecule has 0 saturated heterocycles. The number of carbonyl (C=O) groups excluding carboxylic acids is 1. The van der Waals surface area contributed by atoms with Crippen molar-refractivity contribution in [1.29, 1.82) is 0 Å². The van der Waals surface area contributed by atoms with Crippen LogP contribution in [0.4, 0.5) is 5.69 Å². The van der Waals surface area contributed by atoms with Crippen LogP contribution in [0.15, 0.2) is 71.1 Å². The number of anilines is 1. The molecule has 1 heterocycles. The molecule has 6 nitrogen and oxygen atoms in total. The Labute approximate surface area is 161 Å². The zero-order valence-electron chi connectivity index (χ0n) is 15.4. The Morgan fingerprint density at radius 3 is 2.46 bits per heavy atom. The van der Waals surface area contributed by atoms with Crippen molar-refractivity contribution in [2.75, 3.05) is 19.5 Å². The summed E-state index contributed by atoms with van der Waals surface area (Å²) in [7, 11) is 3.08. The molecule has 0 aliphatic rings. The van der Waals surface area contributed by atoms with E-state index in [0.717, 1.165) is 5.56 Å². The molecule has 0 fully saturated rings. The van der Waals surface area contributed by atoms with Crippen LogP contribution in [0, 0.1) is 0 Å². The van der Waals surface area contributed by atoms with Gasteiger partial charge >= 0.3 is 0 Å². The number of ether oxygens (including phenoxy) is 2. The third kappa shape index (κ3) is 3.40. The predicted octanol–water partition coefficient (Wildman–Crippen LogP) is 4.76. The Morgan fingerprint density at radius 1 is 0.929 bits per heavy atom. The number of amides is 1. The molecule has 0 aliphatic heterocycles. The summed E-state index contributed by atoms with van der Waals surface area (Å²) in [5.74, 6) is 1.34. The lowest BCUT2D eigenvalue weighted by atomic mass is 10.1. The molecule has 3 aromatic carbocycles. The van der Waals surface area contributed by atoms with Gasteiger partial charge in [0.05, 0.1) is 14.2 Å². The van der Waals surface area contributed by atoms with Gasteiger partial charge in [-0.2, -0.15) is 0 Å². The summed E-state index contributed by atoms with van der Waals surface area (Å²) >= 11 is 0. The molecule has 1 aromatic heterocycles. The number of rotatable bonds is 5. The molecule has 0 saturated carbocycles. The highest BCUT2D eigenvalue weighted by Crippen LogP contribution is 2.29. The van der Waals surface area contributed by atoms with Crippen LogP contribution in [0.2, 0.25) is 0 Å². The summed E-state index contributed by atoms with van der Waals surface area (Å²) in [6.07, 6.45) is 0. The van der Waals surface area contributed by atoms with Crippen molar-refractivity contribution >= 4 is 22.7 Å². The Balaban J connectivity index is 1.58. The summed E-state index contributed by atoms with van der Waals surface area (Å²) in [5, 5.41) is 2.87.